The lowest BCUT2D eigenvalue weighted by Gasteiger charge is -2.06. The van der Waals surface area contributed by atoms with Crippen LogP contribution in [0.5, 0.6) is 5.75 Å². The van der Waals surface area contributed by atoms with Crippen molar-refractivity contribution in [2.75, 3.05) is 6.61 Å². The van der Waals surface area contributed by atoms with Crippen molar-refractivity contribution >= 4 is 16.8 Å². The van der Waals surface area contributed by atoms with E-state index in [1.54, 1.807) is 12.3 Å². The first-order valence-corrected chi connectivity index (χ1v) is 4.71. The molecule has 0 unspecified atom stereocenters. The first-order valence-electron chi connectivity index (χ1n) is 4.71. The summed E-state index contributed by atoms with van der Waals surface area (Å²) in [4.78, 5) is 15.0. The molecule has 0 spiro atoms. The van der Waals surface area contributed by atoms with E-state index in [9.17, 15) is 4.79 Å². The van der Waals surface area contributed by atoms with Gasteiger partial charge in [-0.25, -0.2) is 5.48 Å². The van der Waals surface area contributed by atoms with Gasteiger partial charge in [-0.2, -0.15) is 0 Å². The molecule has 0 aliphatic rings. The lowest BCUT2D eigenvalue weighted by molar-refractivity contribution is -0.131. The lowest BCUT2D eigenvalue weighted by atomic mass is 10.2. The molecular weight excluding hydrogens is 208 g/mol. The number of aromatic nitrogens is 1. The third-order valence-electron chi connectivity index (χ3n) is 2.08. The number of amides is 1. The molecular formula is C11H10N2O3. The number of carbonyl (C=O) groups excluding carboxylic acids is 1. The van der Waals surface area contributed by atoms with Crippen molar-refractivity contribution in [3.8, 4) is 5.75 Å². The highest BCUT2D eigenvalue weighted by molar-refractivity contribution is 5.84. The Morgan fingerprint density at radius 1 is 1.38 bits per heavy atom. The van der Waals surface area contributed by atoms with Crippen LogP contribution in [-0.4, -0.2) is 22.7 Å². The second kappa shape index (κ2) is 4.59. The lowest BCUT2D eigenvalue weighted by Crippen LogP contribution is -2.25. The number of fused-ring (bicyclic) bond motifs is 1. The molecule has 0 bridgehead atoms. The van der Waals surface area contributed by atoms with Crippen molar-refractivity contribution in [1.82, 2.24) is 10.5 Å². The second-order valence-corrected chi connectivity index (χ2v) is 3.15. The van der Waals surface area contributed by atoms with E-state index >= 15 is 0 Å². The molecule has 1 aromatic heterocycles. The highest BCUT2D eigenvalue weighted by Gasteiger charge is 2.05. The fraction of sp³-hybridized carbons (Fsp3) is 0.0909. The quantitative estimate of drug-likeness (QED) is 0.598. The Kier molecular flexibility index (Phi) is 2.98. The Morgan fingerprint density at radius 2 is 2.19 bits per heavy atom. The molecule has 0 radical (unpaired) electrons. The van der Waals surface area contributed by atoms with E-state index < -0.39 is 5.91 Å². The molecule has 2 rings (SSSR count). The summed E-state index contributed by atoms with van der Waals surface area (Å²) < 4.78 is 5.24. The monoisotopic (exact) mass is 218 g/mol. The van der Waals surface area contributed by atoms with Crippen molar-refractivity contribution in [3.05, 3.63) is 36.5 Å². The molecule has 16 heavy (non-hydrogen) atoms. The summed E-state index contributed by atoms with van der Waals surface area (Å²) >= 11 is 0. The summed E-state index contributed by atoms with van der Waals surface area (Å²) in [6.45, 7) is -0.244. The maximum absolute atomic E-state index is 10.8. The number of pyridine rings is 1. The van der Waals surface area contributed by atoms with Crippen LogP contribution in [0.2, 0.25) is 0 Å². The minimum absolute atomic E-state index is 0.244. The van der Waals surface area contributed by atoms with Gasteiger partial charge in [0.25, 0.3) is 5.91 Å². The molecule has 0 saturated heterocycles. The van der Waals surface area contributed by atoms with Gasteiger partial charge in [-0.1, -0.05) is 18.2 Å². The summed E-state index contributed by atoms with van der Waals surface area (Å²) in [6, 6.07) is 9.17. The number of hydrogen-bond donors (Lipinski definition) is 2. The molecule has 1 heterocycles. The third-order valence-corrected chi connectivity index (χ3v) is 2.08. The standard InChI is InChI=1S/C11H10N2O3/c14-10(13-15)7-16-9-5-1-3-8-4-2-6-12-11(8)9/h1-6,15H,7H2,(H,13,14). The van der Waals surface area contributed by atoms with E-state index in [1.807, 2.05) is 24.3 Å². The Bertz CT molecular complexity index is 508. The van der Waals surface area contributed by atoms with Crippen LogP contribution in [0.25, 0.3) is 10.9 Å². The van der Waals surface area contributed by atoms with Gasteiger partial charge in [0.05, 0.1) is 0 Å². The number of hydroxylamine groups is 1. The van der Waals surface area contributed by atoms with Crippen molar-refractivity contribution in [1.29, 1.82) is 0 Å². The Labute approximate surface area is 91.6 Å². The molecule has 5 heteroatoms. The largest absolute Gasteiger partial charge is 0.481 e. The maximum Gasteiger partial charge on any atom is 0.281 e. The van der Waals surface area contributed by atoms with Crippen molar-refractivity contribution in [2.24, 2.45) is 0 Å². The SMILES string of the molecule is O=C(COc1cccc2cccnc12)NO. The zero-order chi connectivity index (χ0) is 11.4. The van der Waals surface area contributed by atoms with Gasteiger partial charge in [0.15, 0.2) is 6.61 Å². The summed E-state index contributed by atoms with van der Waals surface area (Å²) in [5, 5.41) is 9.27. The fourth-order valence-corrected chi connectivity index (χ4v) is 1.37. The molecule has 0 aliphatic heterocycles. The van der Waals surface area contributed by atoms with E-state index in [2.05, 4.69) is 4.98 Å². The number of benzene rings is 1. The number of para-hydroxylation sites is 1. The van der Waals surface area contributed by atoms with E-state index in [0.717, 1.165) is 5.39 Å². The fourth-order valence-electron chi connectivity index (χ4n) is 1.37. The number of rotatable bonds is 3. The molecule has 0 saturated carbocycles. The number of ether oxygens (including phenoxy) is 1. The van der Waals surface area contributed by atoms with E-state index in [4.69, 9.17) is 9.94 Å². The predicted octanol–water partition coefficient (Wildman–Crippen LogP) is 1.12. The molecule has 2 N–H and O–H groups in total. The van der Waals surface area contributed by atoms with Gasteiger partial charge < -0.3 is 4.74 Å². The predicted molar refractivity (Wildman–Crippen MR) is 57.2 cm³/mol. The van der Waals surface area contributed by atoms with E-state index in [-0.39, 0.29) is 6.61 Å². The normalized spacial score (nSPS) is 10.1. The third kappa shape index (κ3) is 2.09. The van der Waals surface area contributed by atoms with Gasteiger partial charge in [0, 0.05) is 11.6 Å². The molecule has 1 aromatic carbocycles. The molecule has 5 nitrogen and oxygen atoms in total. The van der Waals surface area contributed by atoms with Gasteiger partial charge in [-0.15, -0.1) is 0 Å². The summed E-state index contributed by atoms with van der Waals surface area (Å²) in [5.41, 5.74) is 2.19. The number of hydrogen-bond acceptors (Lipinski definition) is 4. The van der Waals surface area contributed by atoms with Gasteiger partial charge in [-0.3, -0.25) is 15.0 Å². The molecule has 1 amide bonds. The van der Waals surface area contributed by atoms with Crippen LogP contribution in [0.15, 0.2) is 36.5 Å². The smallest absolute Gasteiger partial charge is 0.281 e. The van der Waals surface area contributed by atoms with Crippen LogP contribution in [0.1, 0.15) is 0 Å². The molecule has 2 aromatic rings. The Balaban J connectivity index is 2.27. The zero-order valence-electron chi connectivity index (χ0n) is 8.38. The zero-order valence-corrected chi connectivity index (χ0v) is 8.38. The highest BCUT2D eigenvalue weighted by atomic mass is 16.5. The van der Waals surface area contributed by atoms with Crippen LogP contribution in [0.4, 0.5) is 0 Å². The topological polar surface area (TPSA) is 71.5 Å². The first kappa shape index (κ1) is 10.4. The van der Waals surface area contributed by atoms with Gasteiger partial charge in [0.2, 0.25) is 0 Å². The van der Waals surface area contributed by atoms with Gasteiger partial charge >= 0.3 is 0 Å². The van der Waals surface area contributed by atoms with Crippen molar-refractivity contribution in [3.63, 3.8) is 0 Å². The minimum Gasteiger partial charge on any atom is -0.481 e. The summed E-state index contributed by atoms with van der Waals surface area (Å²) in [7, 11) is 0. The maximum atomic E-state index is 10.8. The summed E-state index contributed by atoms with van der Waals surface area (Å²) in [6.07, 6.45) is 1.65. The second-order valence-electron chi connectivity index (χ2n) is 3.15. The van der Waals surface area contributed by atoms with Crippen molar-refractivity contribution < 1.29 is 14.7 Å². The van der Waals surface area contributed by atoms with Crippen LogP contribution in [0.3, 0.4) is 0 Å². The number of nitrogens with zero attached hydrogens (tertiary/aromatic N) is 1. The number of carbonyl (C=O) groups is 1. The van der Waals surface area contributed by atoms with E-state index in [1.165, 1.54) is 5.48 Å². The molecule has 0 aliphatic carbocycles. The highest BCUT2D eigenvalue weighted by Crippen LogP contribution is 2.22. The Morgan fingerprint density at radius 3 is 3.00 bits per heavy atom. The molecule has 0 atom stereocenters. The van der Waals surface area contributed by atoms with Gasteiger partial charge in [-0.05, 0) is 12.1 Å². The average Bonchev–Trinajstić information content (AvgIpc) is 2.35. The average molecular weight is 218 g/mol. The van der Waals surface area contributed by atoms with Crippen LogP contribution < -0.4 is 10.2 Å². The number of nitrogens with one attached hydrogen (secondary N) is 1. The van der Waals surface area contributed by atoms with E-state index in [0.29, 0.717) is 11.3 Å². The van der Waals surface area contributed by atoms with Gasteiger partial charge in [0.1, 0.15) is 11.3 Å². The molecule has 82 valence electrons. The minimum atomic E-state index is -0.604. The summed E-state index contributed by atoms with van der Waals surface area (Å²) in [5.74, 6) is -0.0883. The van der Waals surface area contributed by atoms with Crippen LogP contribution in [-0.2, 0) is 4.79 Å². The molecule has 0 fully saturated rings. The van der Waals surface area contributed by atoms with Crippen LogP contribution >= 0.6 is 0 Å². The van der Waals surface area contributed by atoms with Crippen molar-refractivity contribution in [2.45, 2.75) is 0 Å². The Hall–Kier alpha value is -2.14. The van der Waals surface area contributed by atoms with Crippen LogP contribution in [0, 0.1) is 0 Å². The first-order chi connectivity index (χ1) is 7.81.